The lowest BCUT2D eigenvalue weighted by molar-refractivity contribution is 0.368. The number of halogens is 3. The molecular weight excluding hydrogens is 207 g/mol. The van der Waals surface area contributed by atoms with Crippen molar-refractivity contribution in [3.05, 3.63) is 29.1 Å². The SMILES string of the molecule is COc1cc(F)c(F)c(C(C)CN)c1F. The molecule has 0 heterocycles. The predicted octanol–water partition coefficient (Wildman–Crippen LogP) is 2.17. The van der Waals surface area contributed by atoms with Gasteiger partial charge >= 0.3 is 0 Å². The van der Waals surface area contributed by atoms with E-state index in [1.54, 1.807) is 0 Å². The largest absolute Gasteiger partial charge is 0.494 e. The average Bonchev–Trinajstić information content (AvgIpc) is 2.23. The van der Waals surface area contributed by atoms with Gasteiger partial charge in [-0.2, -0.15) is 0 Å². The van der Waals surface area contributed by atoms with Gasteiger partial charge < -0.3 is 10.5 Å². The third kappa shape index (κ3) is 2.07. The first-order valence-corrected chi connectivity index (χ1v) is 4.44. The fourth-order valence-corrected chi connectivity index (χ4v) is 1.30. The smallest absolute Gasteiger partial charge is 0.171 e. The van der Waals surface area contributed by atoms with Gasteiger partial charge in [-0.15, -0.1) is 0 Å². The van der Waals surface area contributed by atoms with Gasteiger partial charge in [-0.3, -0.25) is 0 Å². The molecule has 0 bridgehead atoms. The van der Waals surface area contributed by atoms with Gasteiger partial charge in [-0.1, -0.05) is 6.92 Å². The van der Waals surface area contributed by atoms with E-state index in [1.807, 2.05) is 0 Å². The first-order chi connectivity index (χ1) is 7.02. The Morgan fingerprint density at radius 2 is 1.93 bits per heavy atom. The highest BCUT2D eigenvalue weighted by Crippen LogP contribution is 2.30. The lowest BCUT2D eigenvalue weighted by Gasteiger charge is -2.14. The molecule has 1 aromatic rings. The van der Waals surface area contributed by atoms with E-state index in [9.17, 15) is 13.2 Å². The van der Waals surface area contributed by atoms with Crippen molar-refractivity contribution in [2.24, 2.45) is 5.73 Å². The van der Waals surface area contributed by atoms with Crippen molar-refractivity contribution < 1.29 is 17.9 Å². The summed E-state index contributed by atoms with van der Waals surface area (Å²) in [4.78, 5) is 0. The minimum atomic E-state index is -1.20. The summed E-state index contributed by atoms with van der Waals surface area (Å²) in [5, 5.41) is 0. The van der Waals surface area contributed by atoms with E-state index < -0.39 is 23.4 Å². The van der Waals surface area contributed by atoms with Crippen LogP contribution in [0.2, 0.25) is 0 Å². The van der Waals surface area contributed by atoms with Gasteiger partial charge in [0.25, 0.3) is 0 Å². The van der Waals surface area contributed by atoms with E-state index in [0.717, 1.165) is 0 Å². The van der Waals surface area contributed by atoms with Crippen molar-refractivity contribution in [2.75, 3.05) is 13.7 Å². The molecule has 0 aromatic heterocycles. The van der Waals surface area contributed by atoms with Crippen LogP contribution in [-0.2, 0) is 0 Å². The molecule has 0 saturated heterocycles. The second-order valence-corrected chi connectivity index (χ2v) is 3.24. The van der Waals surface area contributed by atoms with Crippen LogP contribution in [0, 0.1) is 17.5 Å². The summed E-state index contributed by atoms with van der Waals surface area (Å²) >= 11 is 0. The first kappa shape index (κ1) is 11.8. The molecule has 0 spiro atoms. The van der Waals surface area contributed by atoms with Gasteiger partial charge in [0.1, 0.15) is 0 Å². The van der Waals surface area contributed by atoms with Gasteiger partial charge in [0.05, 0.1) is 7.11 Å². The number of hydrogen-bond acceptors (Lipinski definition) is 2. The molecule has 0 fully saturated rings. The zero-order chi connectivity index (χ0) is 11.6. The first-order valence-electron chi connectivity index (χ1n) is 4.44. The Balaban J connectivity index is 3.40. The molecule has 1 rings (SSSR count). The summed E-state index contributed by atoms with van der Waals surface area (Å²) in [6.07, 6.45) is 0. The van der Waals surface area contributed by atoms with Crippen LogP contribution in [0.5, 0.6) is 5.75 Å². The van der Waals surface area contributed by atoms with Gasteiger partial charge in [-0.25, -0.2) is 13.2 Å². The van der Waals surface area contributed by atoms with Crippen LogP contribution in [0.1, 0.15) is 18.4 Å². The van der Waals surface area contributed by atoms with E-state index in [1.165, 1.54) is 14.0 Å². The van der Waals surface area contributed by atoms with E-state index in [4.69, 9.17) is 5.73 Å². The van der Waals surface area contributed by atoms with E-state index in [2.05, 4.69) is 4.74 Å². The molecule has 0 aliphatic carbocycles. The van der Waals surface area contributed by atoms with Gasteiger partial charge in [0.15, 0.2) is 23.2 Å². The Hall–Kier alpha value is -1.23. The number of methoxy groups -OCH3 is 1. The van der Waals surface area contributed by atoms with Crippen molar-refractivity contribution in [3.63, 3.8) is 0 Å². The molecule has 0 aliphatic rings. The Labute approximate surface area is 85.8 Å². The van der Waals surface area contributed by atoms with E-state index in [-0.39, 0.29) is 17.9 Å². The maximum atomic E-state index is 13.6. The standard InChI is InChI=1S/C10H12F3NO/c1-5(4-14)8-9(12)6(11)3-7(15-2)10(8)13/h3,5H,4,14H2,1-2H3. The topological polar surface area (TPSA) is 35.2 Å². The molecule has 2 N–H and O–H groups in total. The Morgan fingerprint density at radius 1 is 1.33 bits per heavy atom. The summed E-state index contributed by atoms with van der Waals surface area (Å²) in [6, 6.07) is 0.678. The van der Waals surface area contributed by atoms with Gasteiger partial charge in [-0.05, 0) is 12.5 Å². The molecule has 84 valence electrons. The van der Waals surface area contributed by atoms with Crippen LogP contribution in [0.15, 0.2) is 6.07 Å². The zero-order valence-electron chi connectivity index (χ0n) is 8.48. The van der Waals surface area contributed by atoms with Gasteiger partial charge in [0.2, 0.25) is 0 Å². The maximum Gasteiger partial charge on any atom is 0.171 e. The molecule has 0 amide bonds. The third-order valence-electron chi connectivity index (χ3n) is 2.22. The molecule has 1 atom stereocenters. The van der Waals surface area contributed by atoms with Crippen molar-refractivity contribution in [2.45, 2.75) is 12.8 Å². The zero-order valence-corrected chi connectivity index (χ0v) is 8.48. The second kappa shape index (κ2) is 4.53. The average molecular weight is 219 g/mol. The minimum Gasteiger partial charge on any atom is -0.494 e. The lowest BCUT2D eigenvalue weighted by atomic mass is 9.99. The number of hydrogen-bond donors (Lipinski definition) is 1. The summed E-state index contributed by atoms with van der Waals surface area (Å²) in [5.74, 6) is -4.15. The van der Waals surface area contributed by atoms with Crippen LogP contribution in [0.25, 0.3) is 0 Å². The van der Waals surface area contributed by atoms with Crippen LogP contribution in [0.3, 0.4) is 0 Å². The Morgan fingerprint density at radius 3 is 2.40 bits per heavy atom. The summed E-state index contributed by atoms with van der Waals surface area (Å²) < 4.78 is 44.5. The molecule has 1 unspecified atom stereocenters. The highest BCUT2D eigenvalue weighted by Gasteiger charge is 2.22. The third-order valence-corrected chi connectivity index (χ3v) is 2.22. The number of benzene rings is 1. The highest BCUT2D eigenvalue weighted by molar-refractivity contribution is 5.35. The lowest BCUT2D eigenvalue weighted by Crippen LogP contribution is -2.14. The number of rotatable bonds is 3. The van der Waals surface area contributed by atoms with Crippen LogP contribution in [0.4, 0.5) is 13.2 Å². The molecule has 2 nitrogen and oxygen atoms in total. The van der Waals surface area contributed by atoms with Crippen molar-refractivity contribution in [1.29, 1.82) is 0 Å². The molecule has 0 aliphatic heterocycles. The Kier molecular flexibility index (Phi) is 3.57. The fraction of sp³-hybridized carbons (Fsp3) is 0.400. The van der Waals surface area contributed by atoms with Crippen molar-refractivity contribution in [3.8, 4) is 5.75 Å². The minimum absolute atomic E-state index is 0.0282. The molecule has 15 heavy (non-hydrogen) atoms. The number of ether oxygens (including phenoxy) is 1. The summed E-state index contributed by atoms with van der Waals surface area (Å²) in [6.45, 7) is 1.54. The van der Waals surface area contributed by atoms with Crippen molar-refractivity contribution >= 4 is 0 Å². The van der Waals surface area contributed by atoms with Crippen LogP contribution in [-0.4, -0.2) is 13.7 Å². The second-order valence-electron chi connectivity index (χ2n) is 3.24. The summed E-state index contributed by atoms with van der Waals surface area (Å²) in [5.41, 5.74) is 4.92. The van der Waals surface area contributed by atoms with E-state index in [0.29, 0.717) is 6.07 Å². The monoisotopic (exact) mass is 219 g/mol. The molecular formula is C10H12F3NO. The van der Waals surface area contributed by atoms with Crippen LogP contribution < -0.4 is 10.5 Å². The molecule has 5 heteroatoms. The Bertz CT molecular complexity index is 368. The fourth-order valence-electron chi connectivity index (χ4n) is 1.30. The normalized spacial score (nSPS) is 12.7. The molecule has 0 radical (unpaired) electrons. The summed E-state index contributed by atoms with van der Waals surface area (Å²) in [7, 11) is 1.19. The van der Waals surface area contributed by atoms with Crippen molar-refractivity contribution in [1.82, 2.24) is 0 Å². The maximum absolute atomic E-state index is 13.6. The van der Waals surface area contributed by atoms with Gasteiger partial charge in [0, 0.05) is 11.6 Å². The highest BCUT2D eigenvalue weighted by atomic mass is 19.2. The quantitative estimate of drug-likeness (QED) is 0.791. The molecule has 1 aromatic carbocycles. The predicted molar refractivity (Wildman–Crippen MR) is 50.3 cm³/mol. The number of nitrogens with two attached hydrogens (primary N) is 1. The van der Waals surface area contributed by atoms with Crippen LogP contribution >= 0.6 is 0 Å². The van der Waals surface area contributed by atoms with E-state index >= 15 is 0 Å². The molecule has 0 saturated carbocycles.